The third-order valence-corrected chi connectivity index (χ3v) is 4.26. The van der Waals surface area contributed by atoms with Crippen LogP contribution in [0.25, 0.3) is 11.2 Å². The van der Waals surface area contributed by atoms with Crippen molar-refractivity contribution >= 4 is 22.9 Å². The number of hydrogen-bond acceptors (Lipinski definition) is 8. The van der Waals surface area contributed by atoms with Crippen molar-refractivity contribution in [1.29, 1.82) is 0 Å². The molecule has 0 bridgehead atoms. The van der Waals surface area contributed by atoms with Crippen LogP contribution in [0.2, 0.25) is 0 Å². The first kappa shape index (κ1) is 14.7. The van der Waals surface area contributed by atoms with Crippen LogP contribution in [0.1, 0.15) is 6.04 Å². The number of aliphatic hydroxyl groups is 2. The number of fused-ring (bicyclic) bond motifs is 1. The van der Waals surface area contributed by atoms with Gasteiger partial charge in [-0.3, -0.25) is 0 Å². The molecule has 0 saturated carbocycles. The first-order valence-corrected chi connectivity index (χ1v) is 7.62. The highest BCUT2D eigenvalue weighted by molar-refractivity contribution is 7.98. The fraction of sp³-hybridized carbons (Fsp3) is 0.583. The summed E-state index contributed by atoms with van der Waals surface area (Å²) in [6.45, 7) is -0.283. The predicted octanol–water partition coefficient (Wildman–Crippen LogP) is -0.186. The van der Waals surface area contributed by atoms with Gasteiger partial charge in [-0.05, 0) is 6.26 Å². The number of rotatable bonds is 4. The van der Waals surface area contributed by atoms with Crippen molar-refractivity contribution in [3.63, 3.8) is 0 Å². The Labute approximate surface area is 125 Å². The molecule has 2 N–H and O–H groups in total. The Kier molecular flexibility index (Phi) is 4.09. The van der Waals surface area contributed by atoms with Crippen molar-refractivity contribution < 1.29 is 19.7 Å². The third kappa shape index (κ3) is 2.30. The van der Waals surface area contributed by atoms with Gasteiger partial charge in [-0.2, -0.15) is 0 Å². The van der Waals surface area contributed by atoms with Gasteiger partial charge in [0.15, 0.2) is 11.9 Å². The van der Waals surface area contributed by atoms with Crippen molar-refractivity contribution in [1.82, 2.24) is 19.5 Å². The van der Waals surface area contributed by atoms with Crippen LogP contribution in [-0.2, 0) is 9.47 Å². The van der Waals surface area contributed by atoms with E-state index in [0.717, 1.165) is 5.03 Å². The summed E-state index contributed by atoms with van der Waals surface area (Å²) in [6, 6.07) is -0.526. The van der Waals surface area contributed by atoms with Gasteiger partial charge in [-0.1, -0.05) is 0 Å². The molecular formula is C12H16N4O4S. The molecule has 0 aliphatic carbocycles. The average molecular weight is 312 g/mol. The highest BCUT2D eigenvalue weighted by atomic mass is 32.2. The van der Waals surface area contributed by atoms with Crippen LogP contribution in [0.3, 0.4) is 0 Å². The standard InChI is InChI=1S/C12H16N4O4S/c1-19-12-8(9(18)6(3-17)20-12)16-5-15-7-10(16)13-4-14-11(7)21-2/h4-6,8-9,12,17-18H,3H2,1-2H3. The topological polar surface area (TPSA) is 103 Å². The van der Waals surface area contributed by atoms with Crippen molar-refractivity contribution in [2.75, 3.05) is 20.0 Å². The normalized spacial score (nSPS) is 29.3. The van der Waals surface area contributed by atoms with Crippen LogP contribution in [-0.4, -0.2) is 68.2 Å². The Morgan fingerprint density at radius 1 is 1.43 bits per heavy atom. The van der Waals surface area contributed by atoms with Gasteiger partial charge in [0.1, 0.15) is 35.1 Å². The van der Waals surface area contributed by atoms with Gasteiger partial charge < -0.3 is 24.3 Å². The van der Waals surface area contributed by atoms with Crippen LogP contribution in [0.5, 0.6) is 0 Å². The van der Waals surface area contributed by atoms with Gasteiger partial charge in [0.05, 0.1) is 12.9 Å². The minimum atomic E-state index is -0.912. The molecule has 1 aliphatic heterocycles. The summed E-state index contributed by atoms with van der Waals surface area (Å²) in [5, 5.41) is 20.4. The third-order valence-electron chi connectivity index (χ3n) is 3.57. The lowest BCUT2D eigenvalue weighted by atomic mass is 10.1. The monoisotopic (exact) mass is 312 g/mol. The van der Waals surface area contributed by atoms with Gasteiger partial charge in [0.2, 0.25) is 0 Å². The quantitative estimate of drug-likeness (QED) is 0.592. The summed E-state index contributed by atoms with van der Waals surface area (Å²) >= 11 is 1.47. The second-order valence-electron chi connectivity index (χ2n) is 4.65. The summed E-state index contributed by atoms with van der Waals surface area (Å²) in [5.74, 6) is 0. The maximum Gasteiger partial charge on any atom is 0.181 e. The molecule has 1 aliphatic rings. The maximum absolute atomic E-state index is 10.3. The zero-order valence-electron chi connectivity index (χ0n) is 11.6. The number of thioether (sulfide) groups is 1. The van der Waals surface area contributed by atoms with E-state index >= 15 is 0 Å². The first-order valence-electron chi connectivity index (χ1n) is 6.40. The summed E-state index contributed by atoms with van der Waals surface area (Å²) in [4.78, 5) is 12.7. The molecule has 9 heteroatoms. The van der Waals surface area contributed by atoms with E-state index in [1.54, 1.807) is 10.9 Å². The summed E-state index contributed by atoms with van der Waals surface area (Å²) in [6.07, 6.45) is 2.67. The van der Waals surface area contributed by atoms with E-state index in [0.29, 0.717) is 11.2 Å². The number of imidazole rings is 1. The van der Waals surface area contributed by atoms with E-state index in [1.807, 2.05) is 6.26 Å². The van der Waals surface area contributed by atoms with Crippen LogP contribution >= 0.6 is 11.8 Å². The van der Waals surface area contributed by atoms with Crippen LogP contribution in [0, 0.1) is 0 Å². The van der Waals surface area contributed by atoms with Crippen molar-refractivity contribution in [3.8, 4) is 0 Å². The number of ether oxygens (including phenoxy) is 2. The lowest BCUT2D eigenvalue weighted by Crippen LogP contribution is -2.32. The zero-order valence-corrected chi connectivity index (χ0v) is 12.4. The lowest BCUT2D eigenvalue weighted by molar-refractivity contribution is -0.136. The molecular weight excluding hydrogens is 296 g/mol. The van der Waals surface area contributed by atoms with Crippen molar-refractivity contribution in [2.45, 2.75) is 29.6 Å². The van der Waals surface area contributed by atoms with E-state index in [-0.39, 0.29) is 6.61 Å². The Bertz CT molecular complexity index is 635. The summed E-state index contributed by atoms with van der Waals surface area (Å²) in [5.41, 5.74) is 1.27. The van der Waals surface area contributed by atoms with E-state index < -0.39 is 24.5 Å². The fourth-order valence-corrected chi connectivity index (χ4v) is 3.04. The van der Waals surface area contributed by atoms with Crippen molar-refractivity contribution in [2.24, 2.45) is 0 Å². The SMILES string of the molecule is COC1OC(CO)C(O)C1n1cnc2c(SC)ncnc21. The highest BCUT2D eigenvalue weighted by Crippen LogP contribution is 2.34. The van der Waals surface area contributed by atoms with Gasteiger partial charge in [-0.25, -0.2) is 15.0 Å². The van der Waals surface area contributed by atoms with E-state index in [9.17, 15) is 10.2 Å². The van der Waals surface area contributed by atoms with Gasteiger partial charge in [0, 0.05) is 7.11 Å². The second kappa shape index (κ2) is 5.85. The smallest absolute Gasteiger partial charge is 0.181 e. The minimum Gasteiger partial charge on any atom is -0.394 e. The van der Waals surface area contributed by atoms with Crippen molar-refractivity contribution in [3.05, 3.63) is 12.7 Å². The molecule has 21 heavy (non-hydrogen) atoms. The molecule has 3 heterocycles. The van der Waals surface area contributed by atoms with E-state index in [2.05, 4.69) is 15.0 Å². The number of aromatic nitrogens is 4. The molecule has 4 unspecified atom stereocenters. The molecule has 4 atom stereocenters. The molecule has 2 aromatic rings. The summed E-state index contributed by atoms with van der Waals surface area (Å²) < 4.78 is 12.5. The minimum absolute atomic E-state index is 0.283. The molecule has 2 aromatic heterocycles. The number of nitrogens with zero attached hydrogens (tertiary/aromatic N) is 4. The van der Waals surface area contributed by atoms with Crippen LogP contribution < -0.4 is 0 Å². The Balaban J connectivity index is 2.07. The predicted molar refractivity (Wildman–Crippen MR) is 74.9 cm³/mol. The Hall–Kier alpha value is -1.26. The second-order valence-corrected chi connectivity index (χ2v) is 5.44. The molecule has 0 radical (unpaired) electrons. The van der Waals surface area contributed by atoms with Gasteiger partial charge in [-0.15, -0.1) is 11.8 Å². The highest BCUT2D eigenvalue weighted by Gasteiger charge is 2.45. The lowest BCUT2D eigenvalue weighted by Gasteiger charge is -2.20. The molecule has 1 saturated heterocycles. The molecule has 1 fully saturated rings. The molecule has 114 valence electrons. The molecule has 0 spiro atoms. The number of methoxy groups -OCH3 is 1. The largest absolute Gasteiger partial charge is 0.394 e. The molecule has 8 nitrogen and oxygen atoms in total. The number of aliphatic hydroxyl groups excluding tert-OH is 2. The van der Waals surface area contributed by atoms with Gasteiger partial charge in [0.25, 0.3) is 0 Å². The Morgan fingerprint density at radius 3 is 2.90 bits per heavy atom. The maximum atomic E-state index is 10.3. The molecule has 0 aromatic carbocycles. The Morgan fingerprint density at radius 2 is 2.24 bits per heavy atom. The summed E-state index contributed by atoms with van der Waals surface area (Å²) in [7, 11) is 1.49. The van der Waals surface area contributed by atoms with Gasteiger partial charge >= 0.3 is 0 Å². The van der Waals surface area contributed by atoms with Crippen LogP contribution in [0.4, 0.5) is 0 Å². The average Bonchev–Trinajstić information content (AvgIpc) is 3.07. The number of hydrogen-bond donors (Lipinski definition) is 2. The molecule has 0 amide bonds. The van der Waals surface area contributed by atoms with E-state index in [1.165, 1.54) is 25.2 Å². The molecule has 3 rings (SSSR count). The van der Waals surface area contributed by atoms with Crippen LogP contribution in [0.15, 0.2) is 17.7 Å². The zero-order chi connectivity index (χ0) is 15.0. The fourth-order valence-electron chi connectivity index (χ4n) is 2.55. The first-order chi connectivity index (χ1) is 10.2. The van der Waals surface area contributed by atoms with E-state index in [4.69, 9.17) is 9.47 Å².